The van der Waals surface area contributed by atoms with Crippen molar-refractivity contribution in [2.24, 2.45) is 0 Å². The van der Waals surface area contributed by atoms with Gasteiger partial charge in [0.2, 0.25) is 0 Å². The Bertz CT molecular complexity index is 491. The van der Waals surface area contributed by atoms with Gasteiger partial charge < -0.3 is 15.6 Å². The Morgan fingerprint density at radius 3 is 2.88 bits per heavy atom. The smallest absolute Gasteiger partial charge is 0.134 e. The standard InChI is InChI=1S/C11H16N6/c1-8-10(12)15-9(2)16-11(8)14-4-6-17-5-3-13-7-17/h3,5,7H,4,6H2,1-2H3,(H3,12,14,15,16). The van der Waals surface area contributed by atoms with Crippen LogP contribution < -0.4 is 11.1 Å². The normalized spacial score (nSPS) is 10.5. The minimum absolute atomic E-state index is 0.530. The molecule has 0 bridgehead atoms. The Morgan fingerprint density at radius 1 is 1.35 bits per heavy atom. The van der Waals surface area contributed by atoms with Crippen molar-refractivity contribution in [3.05, 3.63) is 30.1 Å². The maximum atomic E-state index is 5.78. The third-order valence-corrected chi connectivity index (χ3v) is 2.52. The van der Waals surface area contributed by atoms with Crippen LogP contribution >= 0.6 is 0 Å². The van der Waals surface area contributed by atoms with Crippen LogP contribution in [0, 0.1) is 13.8 Å². The zero-order valence-corrected chi connectivity index (χ0v) is 10.0. The number of aromatic nitrogens is 4. The van der Waals surface area contributed by atoms with Crippen LogP contribution in [0.25, 0.3) is 0 Å². The molecule has 0 spiro atoms. The maximum Gasteiger partial charge on any atom is 0.134 e. The molecule has 0 radical (unpaired) electrons. The van der Waals surface area contributed by atoms with Crippen molar-refractivity contribution in [1.29, 1.82) is 0 Å². The van der Waals surface area contributed by atoms with Crippen LogP contribution in [0.1, 0.15) is 11.4 Å². The van der Waals surface area contributed by atoms with E-state index in [0.717, 1.165) is 24.5 Å². The van der Waals surface area contributed by atoms with Gasteiger partial charge in [-0.3, -0.25) is 0 Å². The summed E-state index contributed by atoms with van der Waals surface area (Å²) in [4.78, 5) is 12.4. The Balaban J connectivity index is 1.99. The van der Waals surface area contributed by atoms with Crippen LogP contribution in [0.5, 0.6) is 0 Å². The number of rotatable bonds is 4. The van der Waals surface area contributed by atoms with Gasteiger partial charge in [-0.05, 0) is 13.8 Å². The van der Waals surface area contributed by atoms with E-state index in [1.165, 1.54) is 0 Å². The molecule has 0 saturated heterocycles. The predicted octanol–water partition coefficient (Wildman–Crippen LogP) is 0.984. The van der Waals surface area contributed by atoms with E-state index in [1.807, 2.05) is 24.6 Å². The van der Waals surface area contributed by atoms with Crippen molar-refractivity contribution < 1.29 is 0 Å². The number of nitrogens with one attached hydrogen (secondary N) is 1. The first kappa shape index (κ1) is 11.4. The average molecular weight is 232 g/mol. The molecule has 0 aliphatic rings. The van der Waals surface area contributed by atoms with E-state index in [4.69, 9.17) is 5.73 Å². The van der Waals surface area contributed by atoms with Crippen LogP contribution in [0.3, 0.4) is 0 Å². The molecule has 6 heteroatoms. The van der Waals surface area contributed by atoms with E-state index in [1.54, 1.807) is 12.5 Å². The lowest BCUT2D eigenvalue weighted by Crippen LogP contribution is -2.13. The highest BCUT2D eigenvalue weighted by atomic mass is 15.1. The second-order valence-electron chi connectivity index (χ2n) is 3.86. The summed E-state index contributed by atoms with van der Waals surface area (Å²) in [6.07, 6.45) is 5.47. The van der Waals surface area contributed by atoms with Crippen LogP contribution in [-0.4, -0.2) is 26.1 Å². The molecule has 0 atom stereocenters. The van der Waals surface area contributed by atoms with Gasteiger partial charge in [0, 0.05) is 31.0 Å². The molecule has 0 aliphatic heterocycles. The van der Waals surface area contributed by atoms with Gasteiger partial charge in [-0.25, -0.2) is 15.0 Å². The molecule has 0 aromatic carbocycles. The van der Waals surface area contributed by atoms with E-state index >= 15 is 0 Å². The van der Waals surface area contributed by atoms with Crippen molar-refractivity contribution in [3.8, 4) is 0 Å². The average Bonchev–Trinajstić information content (AvgIpc) is 2.78. The number of anilines is 2. The summed E-state index contributed by atoms with van der Waals surface area (Å²) < 4.78 is 2.00. The van der Waals surface area contributed by atoms with Gasteiger partial charge >= 0.3 is 0 Å². The molecule has 17 heavy (non-hydrogen) atoms. The summed E-state index contributed by atoms with van der Waals surface area (Å²) in [6, 6.07) is 0. The zero-order chi connectivity index (χ0) is 12.3. The quantitative estimate of drug-likeness (QED) is 0.821. The summed E-state index contributed by atoms with van der Waals surface area (Å²) in [5.41, 5.74) is 6.67. The van der Waals surface area contributed by atoms with Crippen molar-refractivity contribution >= 4 is 11.6 Å². The molecule has 6 nitrogen and oxygen atoms in total. The molecule has 3 N–H and O–H groups in total. The highest BCUT2D eigenvalue weighted by Crippen LogP contribution is 2.16. The summed E-state index contributed by atoms with van der Waals surface area (Å²) >= 11 is 0. The number of nitrogens with two attached hydrogens (primary N) is 1. The van der Waals surface area contributed by atoms with Crippen LogP contribution in [-0.2, 0) is 6.54 Å². The summed E-state index contributed by atoms with van der Waals surface area (Å²) in [5.74, 6) is 2.01. The van der Waals surface area contributed by atoms with Gasteiger partial charge in [0.1, 0.15) is 17.5 Å². The predicted molar refractivity (Wildman–Crippen MR) is 66.6 cm³/mol. The van der Waals surface area contributed by atoms with E-state index in [9.17, 15) is 0 Å². The molecule has 90 valence electrons. The monoisotopic (exact) mass is 232 g/mol. The fourth-order valence-corrected chi connectivity index (χ4v) is 1.54. The summed E-state index contributed by atoms with van der Waals surface area (Å²) in [7, 11) is 0. The molecule has 2 heterocycles. The lowest BCUT2D eigenvalue weighted by atomic mass is 10.3. The van der Waals surface area contributed by atoms with Crippen LogP contribution in [0.2, 0.25) is 0 Å². The third-order valence-electron chi connectivity index (χ3n) is 2.52. The van der Waals surface area contributed by atoms with Crippen LogP contribution in [0.15, 0.2) is 18.7 Å². The first-order valence-corrected chi connectivity index (χ1v) is 5.47. The maximum absolute atomic E-state index is 5.78. The third kappa shape index (κ3) is 2.72. The first-order valence-electron chi connectivity index (χ1n) is 5.47. The van der Waals surface area contributed by atoms with Crippen molar-refractivity contribution in [2.75, 3.05) is 17.6 Å². The lowest BCUT2D eigenvalue weighted by Gasteiger charge is -2.10. The van der Waals surface area contributed by atoms with Crippen molar-refractivity contribution in [3.63, 3.8) is 0 Å². The molecule has 2 aromatic rings. The van der Waals surface area contributed by atoms with Gasteiger partial charge in [0.05, 0.1) is 6.33 Å². The largest absolute Gasteiger partial charge is 0.383 e. The summed E-state index contributed by atoms with van der Waals surface area (Å²) in [6.45, 7) is 5.35. The highest BCUT2D eigenvalue weighted by molar-refractivity contribution is 5.54. The minimum Gasteiger partial charge on any atom is -0.383 e. The Hall–Kier alpha value is -2.11. The number of imidazole rings is 1. The molecule has 2 rings (SSSR count). The highest BCUT2D eigenvalue weighted by Gasteiger charge is 2.05. The zero-order valence-electron chi connectivity index (χ0n) is 10.0. The van der Waals surface area contributed by atoms with Crippen molar-refractivity contribution in [1.82, 2.24) is 19.5 Å². The minimum atomic E-state index is 0.530. The molecule has 0 amide bonds. The second-order valence-corrected chi connectivity index (χ2v) is 3.86. The van der Waals surface area contributed by atoms with Gasteiger partial charge in [-0.1, -0.05) is 0 Å². The molecular formula is C11H16N6. The van der Waals surface area contributed by atoms with Gasteiger partial charge in [-0.15, -0.1) is 0 Å². The Morgan fingerprint density at radius 2 is 2.18 bits per heavy atom. The second kappa shape index (κ2) is 4.82. The van der Waals surface area contributed by atoms with Gasteiger partial charge in [0.15, 0.2) is 0 Å². The molecule has 0 fully saturated rings. The SMILES string of the molecule is Cc1nc(N)c(C)c(NCCn2ccnc2)n1. The molecule has 0 saturated carbocycles. The van der Waals surface area contributed by atoms with Gasteiger partial charge in [-0.2, -0.15) is 0 Å². The fraction of sp³-hybridized carbons (Fsp3) is 0.364. The van der Waals surface area contributed by atoms with Crippen LogP contribution in [0.4, 0.5) is 11.6 Å². The molecule has 0 unspecified atom stereocenters. The van der Waals surface area contributed by atoms with E-state index in [0.29, 0.717) is 11.6 Å². The lowest BCUT2D eigenvalue weighted by molar-refractivity contribution is 0.724. The van der Waals surface area contributed by atoms with E-state index < -0.39 is 0 Å². The van der Waals surface area contributed by atoms with Crippen molar-refractivity contribution in [2.45, 2.75) is 20.4 Å². The topological polar surface area (TPSA) is 81.6 Å². The number of hydrogen-bond acceptors (Lipinski definition) is 5. The molecule has 2 aromatic heterocycles. The Labute approximate surface area is 99.9 Å². The van der Waals surface area contributed by atoms with E-state index in [2.05, 4.69) is 20.3 Å². The van der Waals surface area contributed by atoms with E-state index in [-0.39, 0.29) is 0 Å². The first-order chi connectivity index (χ1) is 8.16. The number of aryl methyl sites for hydroxylation is 1. The number of hydrogen-bond donors (Lipinski definition) is 2. The van der Waals surface area contributed by atoms with Gasteiger partial charge in [0.25, 0.3) is 0 Å². The Kier molecular flexibility index (Phi) is 3.22. The molecular weight excluding hydrogens is 216 g/mol. The number of nitrogens with zero attached hydrogens (tertiary/aromatic N) is 4. The molecule has 0 aliphatic carbocycles. The fourth-order valence-electron chi connectivity index (χ4n) is 1.54. The number of nitrogen functional groups attached to an aromatic ring is 1. The summed E-state index contributed by atoms with van der Waals surface area (Å²) in [5, 5.41) is 3.25.